The average molecular weight is 468 g/mol. The van der Waals surface area contributed by atoms with Crippen LogP contribution >= 0.6 is 23.8 Å². The van der Waals surface area contributed by atoms with Gasteiger partial charge in [-0.05, 0) is 59.7 Å². The normalized spacial score (nSPS) is 10.2. The Morgan fingerprint density at radius 1 is 0.844 bits per heavy atom. The summed E-state index contributed by atoms with van der Waals surface area (Å²) in [6.45, 7) is 0.541. The van der Waals surface area contributed by atoms with Crippen molar-refractivity contribution in [3.63, 3.8) is 0 Å². The van der Waals surface area contributed by atoms with Crippen molar-refractivity contribution in [1.82, 2.24) is 16.2 Å². The molecule has 3 rings (SSSR count). The molecule has 0 spiro atoms. The summed E-state index contributed by atoms with van der Waals surface area (Å²) in [5.74, 6) is -0.0288. The molecule has 0 fully saturated rings. The predicted octanol–water partition coefficient (Wildman–Crippen LogP) is 3.84. The van der Waals surface area contributed by atoms with Gasteiger partial charge in [-0.25, -0.2) is 0 Å². The molecule has 32 heavy (non-hydrogen) atoms. The van der Waals surface area contributed by atoms with Gasteiger partial charge < -0.3 is 4.74 Å². The molecule has 3 aromatic carbocycles. The van der Waals surface area contributed by atoms with Gasteiger partial charge in [-0.3, -0.25) is 25.8 Å². The second-order valence-corrected chi connectivity index (χ2v) is 7.71. The fourth-order valence-corrected chi connectivity index (χ4v) is 3.07. The molecule has 0 heterocycles. The van der Waals surface area contributed by atoms with Crippen LogP contribution in [0.25, 0.3) is 0 Å². The number of carbonyl (C=O) groups is 2. The van der Waals surface area contributed by atoms with Crippen LogP contribution in [0, 0.1) is 0 Å². The molecule has 164 valence electrons. The van der Waals surface area contributed by atoms with E-state index < -0.39 is 5.91 Å². The van der Waals surface area contributed by atoms with Gasteiger partial charge in [0.2, 0.25) is 5.91 Å². The smallest absolute Gasteiger partial charge is 0.257 e. The molecule has 0 unspecified atom stereocenters. The van der Waals surface area contributed by atoms with E-state index in [0.717, 1.165) is 12.0 Å². The average Bonchev–Trinajstić information content (AvgIpc) is 2.80. The number of carbonyl (C=O) groups excluding carboxylic acids is 2. The number of halogens is 1. The maximum atomic E-state index is 12.3. The van der Waals surface area contributed by atoms with E-state index in [2.05, 4.69) is 16.2 Å². The van der Waals surface area contributed by atoms with E-state index in [1.165, 1.54) is 5.56 Å². The summed E-state index contributed by atoms with van der Waals surface area (Å²) >= 11 is 10.9. The highest BCUT2D eigenvalue weighted by Gasteiger charge is 2.09. The van der Waals surface area contributed by atoms with Crippen LogP contribution in [0.2, 0.25) is 5.02 Å². The number of hydrogen-bond donors (Lipinski definition) is 3. The number of ether oxygens (including phenoxy) is 1. The van der Waals surface area contributed by atoms with E-state index in [4.69, 9.17) is 28.6 Å². The van der Waals surface area contributed by atoms with Gasteiger partial charge in [0.05, 0.1) is 13.0 Å². The number of hydrazine groups is 1. The van der Waals surface area contributed by atoms with Crippen molar-refractivity contribution >= 4 is 40.7 Å². The first-order chi connectivity index (χ1) is 15.5. The molecule has 2 amide bonds. The third kappa shape index (κ3) is 7.68. The van der Waals surface area contributed by atoms with Crippen LogP contribution in [0.3, 0.4) is 0 Å². The van der Waals surface area contributed by atoms with E-state index in [-0.39, 0.29) is 17.4 Å². The summed E-state index contributed by atoms with van der Waals surface area (Å²) in [5.41, 5.74) is 7.38. The molecule has 0 saturated heterocycles. The Bertz CT molecular complexity index is 1060. The monoisotopic (exact) mass is 467 g/mol. The number of rotatable bonds is 7. The molecule has 0 aromatic heterocycles. The second-order valence-electron chi connectivity index (χ2n) is 6.87. The maximum Gasteiger partial charge on any atom is 0.257 e. The summed E-state index contributed by atoms with van der Waals surface area (Å²) in [7, 11) is 0. The van der Waals surface area contributed by atoms with E-state index in [1.807, 2.05) is 30.3 Å². The maximum absolute atomic E-state index is 12.3. The minimum atomic E-state index is -0.398. The van der Waals surface area contributed by atoms with Crippen LogP contribution in [0.4, 0.5) is 0 Å². The summed E-state index contributed by atoms with van der Waals surface area (Å²) in [6.07, 6.45) is 0.944. The van der Waals surface area contributed by atoms with Crippen LogP contribution in [-0.2, 0) is 17.6 Å². The Kier molecular flexibility index (Phi) is 8.60. The number of nitrogens with one attached hydrogen (secondary N) is 3. The lowest BCUT2D eigenvalue weighted by atomic mass is 10.1. The first-order valence-corrected chi connectivity index (χ1v) is 10.7. The second kappa shape index (κ2) is 11.8. The first kappa shape index (κ1) is 23.2. The molecule has 0 aliphatic heterocycles. The van der Waals surface area contributed by atoms with Gasteiger partial charge in [0.1, 0.15) is 5.75 Å². The van der Waals surface area contributed by atoms with Gasteiger partial charge in [-0.1, -0.05) is 54.1 Å². The zero-order chi connectivity index (χ0) is 22.8. The largest absolute Gasteiger partial charge is 0.493 e. The lowest BCUT2D eigenvalue weighted by Gasteiger charge is -2.11. The summed E-state index contributed by atoms with van der Waals surface area (Å²) in [5, 5.41) is 3.10. The third-order valence-electron chi connectivity index (χ3n) is 4.44. The lowest BCUT2D eigenvalue weighted by molar-refractivity contribution is -0.121. The number of benzene rings is 3. The number of amides is 2. The van der Waals surface area contributed by atoms with Crippen LogP contribution < -0.4 is 20.9 Å². The van der Waals surface area contributed by atoms with E-state index in [1.54, 1.807) is 48.5 Å². The molecular formula is C24H22ClN3O3S. The van der Waals surface area contributed by atoms with Crippen molar-refractivity contribution in [2.45, 2.75) is 12.8 Å². The molecule has 0 aliphatic carbocycles. The highest BCUT2D eigenvalue weighted by Crippen LogP contribution is 2.13. The van der Waals surface area contributed by atoms with Crippen LogP contribution in [0.5, 0.6) is 5.75 Å². The molecule has 3 aromatic rings. The van der Waals surface area contributed by atoms with Crippen molar-refractivity contribution in [2.24, 2.45) is 0 Å². The van der Waals surface area contributed by atoms with Crippen molar-refractivity contribution in [3.8, 4) is 5.75 Å². The standard InChI is InChI=1S/C24H22ClN3O3S/c25-20-10-6-18(7-11-20)16-22(29)27-28-24(32)26-23(30)19-8-12-21(13-9-19)31-15-14-17-4-2-1-3-5-17/h1-13H,14-16H2,(H,27,29)(H2,26,28,30,32). The molecule has 0 radical (unpaired) electrons. The predicted molar refractivity (Wildman–Crippen MR) is 129 cm³/mol. The molecular weight excluding hydrogens is 446 g/mol. The molecule has 6 nitrogen and oxygen atoms in total. The van der Waals surface area contributed by atoms with Gasteiger partial charge in [0.15, 0.2) is 5.11 Å². The zero-order valence-corrected chi connectivity index (χ0v) is 18.7. The van der Waals surface area contributed by atoms with Gasteiger partial charge in [-0.15, -0.1) is 0 Å². The Balaban J connectivity index is 1.39. The van der Waals surface area contributed by atoms with Crippen LogP contribution in [0.15, 0.2) is 78.9 Å². The minimum absolute atomic E-state index is 0.0114. The zero-order valence-electron chi connectivity index (χ0n) is 17.1. The Morgan fingerprint density at radius 2 is 1.53 bits per heavy atom. The SMILES string of the molecule is O=C(Cc1ccc(Cl)cc1)NNC(=S)NC(=O)c1ccc(OCCc2ccccc2)cc1. The van der Waals surface area contributed by atoms with Crippen LogP contribution in [-0.4, -0.2) is 23.5 Å². The topological polar surface area (TPSA) is 79.5 Å². The summed E-state index contributed by atoms with van der Waals surface area (Å²) in [6, 6.07) is 23.8. The van der Waals surface area contributed by atoms with Crippen molar-refractivity contribution < 1.29 is 14.3 Å². The summed E-state index contributed by atoms with van der Waals surface area (Å²) < 4.78 is 5.72. The van der Waals surface area contributed by atoms with Crippen molar-refractivity contribution in [3.05, 3.63) is 101 Å². The number of hydrogen-bond acceptors (Lipinski definition) is 4. The van der Waals surface area contributed by atoms with Crippen molar-refractivity contribution in [2.75, 3.05) is 6.61 Å². The van der Waals surface area contributed by atoms with E-state index >= 15 is 0 Å². The highest BCUT2D eigenvalue weighted by atomic mass is 35.5. The molecule has 8 heteroatoms. The lowest BCUT2D eigenvalue weighted by Crippen LogP contribution is -2.48. The molecule has 3 N–H and O–H groups in total. The molecule has 0 saturated carbocycles. The van der Waals surface area contributed by atoms with Gasteiger partial charge in [-0.2, -0.15) is 0 Å². The summed E-state index contributed by atoms with van der Waals surface area (Å²) in [4.78, 5) is 24.3. The van der Waals surface area contributed by atoms with Gasteiger partial charge in [0, 0.05) is 17.0 Å². The number of thiocarbonyl (C=S) groups is 1. The van der Waals surface area contributed by atoms with Crippen LogP contribution in [0.1, 0.15) is 21.5 Å². The Labute approximate surface area is 196 Å². The van der Waals surface area contributed by atoms with E-state index in [0.29, 0.717) is 22.9 Å². The van der Waals surface area contributed by atoms with Gasteiger partial charge in [0.25, 0.3) is 5.91 Å². The fourth-order valence-electron chi connectivity index (χ4n) is 2.80. The molecule has 0 bridgehead atoms. The highest BCUT2D eigenvalue weighted by molar-refractivity contribution is 7.80. The van der Waals surface area contributed by atoms with Crippen molar-refractivity contribution in [1.29, 1.82) is 0 Å². The third-order valence-corrected chi connectivity index (χ3v) is 4.90. The molecule has 0 aliphatic rings. The Hall–Kier alpha value is -3.42. The molecule has 0 atom stereocenters. The van der Waals surface area contributed by atoms with Gasteiger partial charge >= 0.3 is 0 Å². The minimum Gasteiger partial charge on any atom is -0.493 e. The Morgan fingerprint density at radius 3 is 2.22 bits per heavy atom. The first-order valence-electron chi connectivity index (χ1n) is 9.91. The quantitative estimate of drug-likeness (QED) is 0.363. The fraction of sp³-hybridized carbons (Fsp3) is 0.125. The van der Waals surface area contributed by atoms with E-state index in [9.17, 15) is 9.59 Å².